The summed E-state index contributed by atoms with van der Waals surface area (Å²) in [5, 5.41) is 0. The fraction of sp³-hybridized carbons (Fsp3) is 1.00. The molecule has 0 bridgehead atoms. The lowest BCUT2D eigenvalue weighted by molar-refractivity contribution is 0.585. The van der Waals surface area contributed by atoms with E-state index < -0.39 is 25.6 Å². The predicted molar refractivity (Wildman–Crippen MR) is 48.3 cm³/mol. The van der Waals surface area contributed by atoms with Crippen molar-refractivity contribution in [2.45, 2.75) is 65.1 Å². The van der Waals surface area contributed by atoms with Gasteiger partial charge in [-0.05, 0) is 0 Å². The molecule has 0 heteroatoms. The van der Waals surface area contributed by atoms with Gasteiger partial charge in [0.15, 0.2) is 0 Å². The van der Waals surface area contributed by atoms with Gasteiger partial charge in [-0.3, -0.25) is 0 Å². The first-order chi connectivity index (χ1) is 7.04. The highest BCUT2D eigenvalue weighted by Gasteiger charge is 1.87. The van der Waals surface area contributed by atoms with Gasteiger partial charge in [-0.25, -0.2) is 0 Å². The van der Waals surface area contributed by atoms with Crippen molar-refractivity contribution in [1.29, 1.82) is 0 Å². The van der Waals surface area contributed by atoms with Crippen molar-refractivity contribution in [2.24, 2.45) is 0 Å². The Morgan fingerprint density at radius 2 is 2.00 bits per heavy atom. The summed E-state index contributed by atoms with van der Waals surface area (Å²) in [7, 11) is 0. The molecule has 0 amide bonds. The second kappa shape index (κ2) is 9.00. The van der Waals surface area contributed by atoms with Gasteiger partial charge in [0.25, 0.3) is 0 Å². The zero-order chi connectivity index (χ0) is 11.8. The first kappa shape index (κ1) is 4.13. The largest absolute Gasteiger partial charge is 0.0654 e. The van der Waals surface area contributed by atoms with Crippen LogP contribution in [0.1, 0.15) is 71.9 Å². The smallest absolute Gasteiger partial charge is 0.0267 e. The zero-order valence-electron chi connectivity index (χ0n) is 11.8. The summed E-state index contributed by atoms with van der Waals surface area (Å²) in [4.78, 5) is 0. The third-order valence-corrected chi connectivity index (χ3v) is 1.36. The average Bonchev–Trinajstić information content (AvgIpc) is 2.26. The topological polar surface area (TPSA) is 0 Å². The molecule has 0 nitrogen and oxygen atoms in total. The monoisotopic (exact) mass is 147 g/mol. The molecule has 0 aromatic rings. The van der Waals surface area contributed by atoms with Crippen LogP contribution in [0.25, 0.3) is 0 Å². The van der Waals surface area contributed by atoms with E-state index in [4.69, 9.17) is 6.85 Å². The van der Waals surface area contributed by atoms with Gasteiger partial charge in [-0.2, -0.15) is 0 Å². The van der Waals surface area contributed by atoms with Crippen LogP contribution in [0, 0.1) is 0 Å². The lowest BCUT2D eigenvalue weighted by Crippen LogP contribution is -1.77. The van der Waals surface area contributed by atoms with E-state index in [-0.39, 0.29) is 6.90 Å². The normalized spacial score (nSPS) is 29.9. The van der Waals surface area contributed by atoms with Crippen LogP contribution in [0.4, 0.5) is 0 Å². The molecule has 0 aliphatic rings. The summed E-state index contributed by atoms with van der Waals surface area (Å²) >= 11 is 0. The van der Waals surface area contributed by atoms with E-state index in [1.165, 1.54) is 0 Å². The molecule has 0 heterocycles. The molecule has 4 unspecified atom stereocenters. The van der Waals surface area contributed by atoms with Crippen molar-refractivity contribution < 1.29 is 6.85 Å². The van der Waals surface area contributed by atoms with Crippen molar-refractivity contribution in [1.82, 2.24) is 0 Å². The van der Waals surface area contributed by atoms with Crippen molar-refractivity contribution >= 4 is 0 Å². The Bertz CT molecular complexity index is 153. The van der Waals surface area contributed by atoms with E-state index in [2.05, 4.69) is 6.92 Å². The van der Waals surface area contributed by atoms with Crippen LogP contribution in [-0.4, -0.2) is 0 Å². The SMILES string of the molecule is [2H]CC([2H])C([2H])C([2H])C([2H])CCCCC. The molecule has 0 fully saturated rings. The fourth-order valence-electron chi connectivity index (χ4n) is 0.766. The van der Waals surface area contributed by atoms with E-state index in [1.54, 1.807) is 0 Å². The minimum absolute atomic E-state index is 0.148. The number of hydrogen-bond acceptors (Lipinski definition) is 0. The Kier molecular flexibility index (Phi) is 3.72. The molecule has 10 heavy (non-hydrogen) atoms. The van der Waals surface area contributed by atoms with E-state index in [9.17, 15) is 0 Å². The molecule has 0 saturated heterocycles. The summed E-state index contributed by atoms with van der Waals surface area (Å²) in [6, 6.07) is 0. The Morgan fingerprint density at radius 3 is 2.70 bits per heavy atom. The lowest BCUT2D eigenvalue weighted by Gasteiger charge is -1.97. The summed E-state index contributed by atoms with van der Waals surface area (Å²) < 4.78 is 37.3. The fourth-order valence-corrected chi connectivity index (χ4v) is 0.766. The van der Waals surface area contributed by atoms with Crippen LogP contribution < -0.4 is 0 Å². The Labute approximate surface area is 73.0 Å². The van der Waals surface area contributed by atoms with E-state index >= 15 is 0 Å². The van der Waals surface area contributed by atoms with E-state index in [1.807, 2.05) is 0 Å². The summed E-state index contributed by atoms with van der Waals surface area (Å²) in [5.74, 6) is 0. The van der Waals surface area contributed by atoms with E-state index in [0.717, 1.165) is 19.3 Å². The molecular formula is C10H22. The molecule has 0 aromatic carbocycles. The number of rotatable bonds is 7. The maximum absolute atomic E-state index is 7.70. The summed E-state index contributed by atoms with van der Waals surface area (Å²) in [5.41, 5.74) is 0. The molecule has 0 spiro atoms. The van der Waals surface area contributed by atoms with Gasteiger partial charge < -0.3 is 0 Å². The van der Waals surface area contributed by atoms with Gasteiger partial charge in [-0.1, -0.05) is 65.1 Å². The van der Waals surface area contributed by atoms with Crippen LogP contribution in [0.5, 0.6) is 0 Å². The molecule has 62 valence electrons. The van der Waals surface area contributed by atoms with Gasteiger partial charge in [0.1, 0.15) is 0 Å². The van der Waals surface area contributed by atoms with Crippen LogP contribution >= 0.6 is 0 Å². The Balaban J connectivity index is 3.90. The molecule has 0 saturated carbocycles. The Hall–Kier alpha value is 0. The van der Waals surface area contributed by atoms with Crippen molar-refractivity contribution in [3.63, 3.8) is 0 Å². The molecule has 0 aromatic heterocycles. The van der Waals surface area contributed by atoms with Crippen molar-refractivity contribution in [3.05, 3.63) is 0 Å². The minimum atomic E-state index is -0.911. The standard InChI is InChI=1S/C10H22/c1-3-5-7-9-10-8-6-4-2/h3-10H2,1-2H3/i1D,3D,5D,7D,9D. The van der Waals surface area contributed by atoms with Crippen molar-refractivity contribution in [3.8, 4) is 0 Å². The van der Waals surface area contributed by atoms with Gasteiger partial charge in [0, 0.05) is 6.85 Å². The molecular weight excluding hydrogens is 120 g/mol. The molecule has 0 aliphatic heterocycles. The van der Waals surface area contributed by atoms with Crippen LogP contribution in [0.15, 0.2) is 0 Å². The van der Waals surface area contributed by atoms with Gasteiger partial charge >= 0.3 is 0 Å². The molecule has 0 radical (unpaired) electrons. The van der Waals surface area contributed by atoms with Crippen LogP contribution in [0.3, 0.4) is 0 Å². The number of hydrogen-bond donors (Lipinski definition) is 0. The third-order valence-electron chi connectivity index (χ3n) is 1.36. The average molecular weight is 147 g/mol. The first-order valence-electron chi connectivity index (χ1n) is 7.04. The minimum Gasteiger partial charge on any atom is -0.0654 e. The highest BCUT2D eigenvalue weighted by molar-refractivity contribution is 4.43. The van der Waals surface area contributed by atoms with Crippen molar-refractivity contribution in [2.75, 3.05) is 0 Å². The second-order valence-corrected chi connectivity index (χ2v) is 2.35. The molecule has 0 rings (SSSR count). The predicted octanol–water partition coefficient (Wildman–Crippen LogP) is 4.15. The van der Waals surface area contributed by atoms with Crippen LogP contribution in [-0.2, 0) is 0 Å². The quantitative estimate of drug-likeness (QED) is 0.475. The van der Waals surface area contributed by atoms with Gasteiger partial charge in [-0.15, -0.1) is 0 Å². The maximum Gasteiger partial charge on any atom is 0.0267 e. The zero-order valence-corrected chi connectivity index (χ0v) is 6.84. The van der Waals surface area contributed by atoms with E-state index in [0.29, 0.717) is 6.42 Å². The molecule has 0 N–H and O–H groups in total. The maximum atomic E-state index is 7.70. The molecule has 4 atom stereocenters. The van der Waals surface area contributed by atoms with Gasteiger partial charge in [0.05, 0.1) is 0 Å². The highest BCUT2D eigenvalue weighted by atomic mass is 13.9. The van der Waals surface area contributed by atoms with Gasteiger partial charge in [0.2, 0.25) is 0 Å². The summed E-state index contributed by atoms with van der Waals surface area (Å²) in [6.07, 6.45) is 0.561. The lowest BCUT2D eigenvalue weighted by atomic mass is 10.1. The molecule has 0 aliphatic carbocycles. The first-order valence-corrected chi connectivity index (χ1v) is 4.02. The number of unbranched alkanes of at least 4 members (excludes halogenated alkanes) is 2. The van der Waals surface area contributed by atoms with Crippen LogP contribution in [0.2, 0.25) is 0 Å². The Morgan fingerprint density at radius 1 is 1.10 bits per heavy atom. The second-order valence-electron chi connectivity index (χ2n) is 2.35. The highest BCUT2D eigenvalue weighted by Crippen LogP contribution is 2.07. The third kappa shape index (κ3) is 8.00. The summed E-state index contributed by atoms with van der Waals surface area (Å²) in [6.45, 7) is 1.94.